The normalized spacial score (nSPS) is 13.8. The number of benzene rings is 2. The Bertz CT molecular complexity index is 792. The van der Waals surface area contributed by atoms with E-state index in [2.05, 4.69) is 47.0 Å². The third kappa shape index (κ3) is 1.76. The Morgan fingerprint density at radius 3 is 2.85 bits per heavy atom. The van der Waals surface area contributed by atoms with Crippen LogP contribution in [0.3, 0.4) is 0 Å². The lowest BCUT2D eigenvalue weighted by Crippen LogP contribution is -2.07. The zero-order valence-electron chi connectivity index (χ0n) is 11.0. The molecule has 0 bridgehead atoms. The van der Waals surface area contributed by atoms with Gasteiger partial charge in [-0.25, -0.2) is 4.98 Å². The highest BCUT2D eigenvalue weighted by Gasteiger charge is 2.21. The summed E-state index contributed by atoms with van der Waals surface area (Å²) >= 11 is 1.81. The summed E-state index contributed by atoms with van der Waals surface area (Å²) in [5, 5.41) is 3.61. The molecular weight excluding hydrogens is 266 g/mol. The van der Waals surface area contributed by atoms with Crippen LogP contribution in [0.25, 0.3) is 22.0 Å². The topological polar surface area (TPSA) is 43.8 Å². The first-order chi connectivity index (χ1) is 9.86. The van der Waals surface area contributed by atoms with Crippen LogP contribution >= 0.6 is 11.8 Å². The van der Waals surface area contributed by atoms with Crippen LogP contribution in [0.5, 0.6) is 0 Å². The van der Waals surface area contributed by atoms with E-state index in [9.17, 15) is 0 Å². The van der Waals surface area contributed by atoms with Crippen LogP contribution in [-0.4, -0.2) is 15.3 Å². The van der Waals surface area contributed by atoms with Crippen LogP contribution in [0.4, 0.5) is 0 Å². The molecule has 0 fully saturated rings. The van der Waals surface area contributed by atoms with Gasteiger partial charge in [0.1, 0.15) is 0 Å². The molecule has 2 aromatic carbocycles. The first-order valence-corrected chi connectivity index (χ1v) is 7.77. The van der Waals surface area contributed by atoms with Crippen molar-refractivity contribution in [2.75, 3.05) is 5.75 Å². The van der Waals surface area contributed by atoms with Crippen LogP contribution < -0.4 is 5.73 Å². The van der Waals surface area contributed by atoms with E-state index < -0.39 is 0 Å². The average Bonchev–Trinajstić information content (AvgIpc) is 3.07. The molecule has 3 nitrogen and oxygen atoms in total. The lowest BCUT2D eigenvalue weighted by atomic mass is 10.0. The predicted molar refractivity (Wildman–Crippen MR) is 83.8 cm³/mol. The molecule has 2 N–H and O–H groups in total. The fourth-order valence-electron chi connectivity index (χ4n) is 2.81. The number of nitrogens with zero attached hydrogens (tertiary/aromatic N) is 2. The summed E-state index contributed by atoms with van der Waals surface area (Å²) in [5.41, 5.74) is 9.30. The van der Waals surface area contributed by atoms with Gasteiger partial charge in [-0.05, 0) is 16.8 Å². The monoisotopic (exact) mass is 281 g/mol. The Morgan fingerprint density at radius 2 is 2.00 bits per heavy atom. The minimum atomic E-state index is 0.537. The third-order valence-electron chi connectivity index (χ3n) is 3.80. The summed E-state index contributed by atoms with van der Waals surface area (Å²) in [4.78, 5) is 4.78. The highest BCUT2D eigenvalue weighted by Crippen LogP contribution is 2.33. The molecule has 1 aromatic heterocycles. The summed E-state index contributed by atoms with van der Waals surface area (Å²) in [6.07, 6.45) is 0. The minimum absolute atomic E-state index is 0.537. The molecule has 100 valence electrons. The second-order valence-electron chi connectivity index (χ2n) is 4.96. The van der Waals surface area contributed by atoms with Gasteiger partial charge in [0.25, 0.3) is 0 Å². The average molecular weight is 281 g/mol. The number of thioether (sulfide) groups is 1. The largest absolute Gasteiger partial charge is 0.325 e. The molecule has 3 aromatic rings. The molecule has 4 heteroatoms. The highest BCUT2D eigenvalue weighted by atomic mass is 32.2. The summed E-state index contributed by atoms with van der Waals surface area (Å²) < 4.78 is 2.26. The molecule has 0 aliphatic carbocycles. The molecule has 0 unspecified atom stereocenters. The van der Waals surface area contributed by atoms with Crippen molar-refractivity contribution in [2.24, 2.45) is 5.73 Å². The standard InChI is InChI=1S/C16H15N3S/c17-10-14-15(18-16-19(14)7-8-20-16)13-6-5-11-3-1-2-4-12(11)9-13/h1-6,9H,7-8,10,17H2. The second-order valence-corrected chi connectivity index (χ2v) is 6.02. The molecule has 1 aliphatic rings. The van der Waals surface area contributed by atoms with Gasteiger partial charge in [0.05, 0.1) is 11.4 Å². The van der Waals surface area contributed by atoms with Crippen molar-refractivity contribution in [1.82, 2.24) is 9.55 Å². The maximum atomic E-state index is 5.95. The van der Waals surface area contributed by atoms with Gasteiger partial charge in [0.15, 0.2) is 5.16 Å². The number of hydrogen-bond acceptors (Lipinski definition) is 3. The molecule has 0 saturated carbocycles. The fraction of sp³-hybridized carbons (Fsp3) is 0.188. The van der Waals surface area contributed by atoms with Gasteiger partial charge in [0, 0.05) is 24.4 Å². The number of rotatable bonds is 2. The van der Waals surface area contributed by atoms with E-state index >= 15 is 0 Å². The summed E-state index contributed by atoms with van der Waals surface area (Å²) in [6, 6.07) is 14.9. The van der Waals surface area contributed by atoms with E-state index in [1.54, 1.807) is 0 Å². The number of imidazole rings is 1. The molecule has 0 amide bonds. The Labute approximate surface area is 121 Å². The number of nitrogens with two attached hydrogens (primary N) is 1. The third-order valence-corrected chi connectivity index (χ3v) is 4.76. The molecule has 0 atom stereocenters. The van der Waals surface area contributed by atoms with Crippen molar-refractivity contribution in [1.29, 1.82) is 0 Å². The van der Waals surface area contributed by atoms with Gasteiger partial charge in [0.2, 0.25) is 0 Å². The SMILES string of the molecule is NCc1c(-c2ccc3ccccc3c2)nc2n1CCS2. The van der Waals surface area contributed by atoms with Crippen molar-refractivity contribution in [3.8, 4) is 11.3 Å². The van der Waals surface area contributed by atoms with Crippen LogP contribution in [0.15, 0.2) is 47.6 Å². The van der Waals surface area contributed by atoms with E-state index in [0.29, 0.717) is 6.54 Å². The van der Waals surface area contributed by atoms with Gasteiger partial charge in [-0.3, -0.25) is 0 Å². The van der Waals surface area contributed by atoms with Crippen LogP contribution in [0.1, 0.15) is 5.69 Å². The van der Waals surface area contributed by atoms with Gasteiger partial charge in [-0.15, -0.1) is 0 Å². The van der Waals surface area contributed by atoms with E-state index in [0.717, 1.165) is 34.4 Å². The van der Waals surface area contributed by atoms with Crippen molar-refractivity contribution < 1.29 is 0 Å². The van der Waals surface area contributed by atoms with Gasteiger partial charge in [-0.2, -0.15) is 0 Å². The predicted octanol–water partition coefficient (Wildman–Crippen LogP) is 3.27. The molecule has 1 aliphatic heterocycles. The van der Waals surface area contributed by atoms with Crippen LogP contribution in [-0.2, 0) is 13.1 Å². The Hall–Kier alpha value is -1.78. The molecular formula is C16H15N3S. The lowest BCUT2D eigenvalue weighted by Gasteiger charge is -2.06. The molecule has 0 radical (unpaired) electrons. The first kappa shape index (κ1) is 12.0. The summed E-state index contributed by atoms with van der Waals surface area (Å²) in [7, 11) is 0. The molecule has 0 saturated heterocycles. The zero-order chi connectivity index (χ0) is 13.5. The molecule has 0 spiro atoms. The minimum Gasteiger partial charge on any atom is -0.325 e. The quantitative estimate of drug-likeness (QED) is 0.784. The number of fused-ring (bicyclic) bond motifs is 2. The smallest absolute Gasteiger partial charge is 0.168 e. The van der Waals surface area contributed by atoms with Gasteiger partial charge in [-0.1, -0.05) is 48.2 Å². The summed E-state index contributed by atoms with van der Waals surface area (Å²) in [5.74, 6) is 1.10. The maximum absolute atomic E-state index is 5.95. The van der Waals surface area contributed by atoms with Crippen LogP contribution in [0.2, 0.25) is 0 Å². The van der Waals surface area contributed by atoms with E-state index in [-0.39, 0.29) is 0 Å². The number of hydrogen-bond donors (Lipinski definition) is 1. The zero-order valence-corrected chi connectivity index (χ0v) is 11.9. The highest BCUT2D eigenvalue weighted by molar-refractivity contribution is 7.99. The molecule has 2 heterocycles. The van der Waals surface area contributed by atoms with E-state index in [1.165, 1.54) is 10.8 Å². The van der Waals surface area contributed by atoms with Crippen molar-refractivity contribution in [3.05, 3.63) is 48.2 Å². The number of aromatic nitrogens is 2. The Kier molecular flexibility index (Phi) is 2.79. The second kappa shape index (κ2) is 4.65. The van der Waals surface area contributed by atoms with E-state index in [1.807, 2.05) is 11.8 Å². The Balaban J connectivity index is 1.90. The van der Waals surface area contributed by atoms with Crippen molar-refractivity contribution >= 4 is 22.5 Å². The summed E-state index contributed by atoms with van der Waals surface area (Å²) in [6.45, 7) is 1.56. The molecule has 20 heavy (non-hydrogen) atoms. The van der Waals surface area contributed by atoms with Crippen LogP contribution in [0, 0.1) is 0 Å². The fourth-order valence-corrected chi connectivity index (χ4v) is 3.78. The first-order valence-electron chi connectivity index (χ1n) is 6.78. The van der Waals surface area contributed by atoms with Gasteiger partial charge >= 0.3 is 0 Å². The molecule has 4 rings (SSSR count). The lowest BCUT2D eigenvalue weighted by molar-refractivity contribution is 0.678. The van der Waals surface area contributed by atoms with E-state index in [4.69, 9.17) is 10.7 Å². The van der Waals surface area contributed by atoms with Crippen molar-refractivity contribution in [3.63, 3.8) is 0 Å². The van der Waals surface area contributed by atoms with Crippen molar-refractivity contribution in [2.45, 2.75) is 18.2 Å². The van der Waals surface area contributed by atoms with Gasteiger partial charge < -0.3 is 10.3 Å². The maximum Gasteiger partial charge on any atom is 0.168 e. The Morgan fingerprint density at radius 1 is 1.15 bits per heavy atom.